The van der Waals surface area contributed by atoms with Gasteiger partial charge in [0.2, 0.25) is 15.9 Å². The Morgan fingerprint density at radius 2 is 1.96 bits per heavy atom. The standard InChI is InChI=1S/C17H24N4O5S.ClH/c18-7-3-8-19-16(22)6-11-21-14-5-4-13(12-15(14)26-17(21)23)27(24,25)20-9-1-2-10-20;/h4-5,12H,1-3,6-11,18H2,(H,19,22);1H. The molecule has 0 radical (unpaired) electrons. The number of nitrogens with two attached hydrogens (primary N) is 1. The van der Waals surface area contributed by atoms with E-state index in [0.717, 1.165) is 12.8 Å². The Balaban J connectivity index is 0.00000280. The number of amides is 1. The number of carbonyl (C=O) groups excluding carboxylic acids is 1. The van der Waals surface area contributed by atoms with Crippen molar-refractivity contribution in [2.75, 3.05) is 26.2 Å². The predicted molar refractivity (Wildman–Crippen MR) is 107 cm³/mol. The Labute approximate surface area is 169 Å². The van der Waals surface area contributed by atoms with Crippen molar-refractivity contribution >= 4 is 39.4 Å². The first-order valence-electron chi connectivity index (χ1n) is 9.04. The van der Waals surface area contributed by atoms with Crippen molar-refractivity contribution in [1.82, 2.24) is 14.2 Å². The lowest BCUT2D eigenvalue weighted by Gasteiger charge is -2.15. The lowest BCUT2D eigenvalue weighted by molar-refractivity contribution is -0.121. The molecule has 156 valence electrons. The van der Waals surface area contributed by atoms with Crippen molar-refractivity contribution < 1.29 is 17.6 Å². The van der Waals surface area contributed by atoms with Gasteiger partial charge in [0, 0.05) is 38.7 Å². The molecule has 0 saturated carbocycles. The molecule has 11 heteroatoms. The Hall–Kier alpha value is -1.88. The van der Waals surface area contributed by atoms with Crippen LogP contribution in [0.5, 0.6) is 0 Å². The van der Waals surface area contributed by atoms with Gasteiger partial charge in [-0.15, -0.1) is 12.4 Å². The third-order valence-corrected chi connectivity index (χ3v) is 6.50. The van der Waals surface area contributed by atoms with E-state index in [-0.39, 0.29) is 41.8 Å². The molecule has 0 spiro atoms. The maximum absolute atomic E-state index is 12.6. The minimum Gasteiger partial charge on any atom is -0.408 e. The minimum absolute atomic E-state index is 0. The van der Waals surface area contributed by atoms with Gasteiger partial charge in [-0.3, -0.25) is 9.36 Å². The largest absolute Gasteiger partial charge is 0.419 e. The smallest absolute Gasteiger partial charge is 0.408 e. The molecule has 1 amide bonds. The van der Waals surface area contributed by atoms with Gasteiger partial charge in [-0.1, -0.05) is 0 Å². The van der Waals surface area contributed by atoms with Crippen LogP contribution in [0.2, 0.25) is 0 Å². The topological polar surface area (TPSA) is 128 Å². The summed E-state index contributed by atoms with van der Waals surface area (Å²) in [7, 11) is -3.58. The Kier molecular flexibility index (Phi) is 7.64. The number of fused-ring (bicyclic) bond motifs is 1. The van der Waals surface area contributed by atoms with Gasteiger partial charge in [0.15, 0.2) is 5.58 Å². The van der Waals surface area contributed by atoms with Crippen LogP contribution in [-0.4, -0.2) is 49.4 Å². The molecule has 28 heavy (non-hydrogen) atoms. The second-order valence-corrected chi connectivity index (χ2v) is 8.44. The molecule has 1 aliphatic rings. The van der Waals surface area contributed by atoms with E-state index in [0.29, 0.717) is 38.1 Å². The lowest BCUT2D eigenvalue weighted by atomic mass is 10.3. The van der Waals surface area contributed by atoms with Crippen molar-refractivity contribution in [2.45, 2.75) is 37.1 Å². The SMILES string of the molecule is Cl.NCCCNC(=O)CCn1c(=O)oc2cc(S(=O)(=O)N3CCCC3)ccc21. The maximum Gasteiger partial charge on any atom is 0.419 e. The number of hydrogen-bond acceptors (Lipinski definition) is 6. The Morgan fingerprint density at radius 3 is 2.64 bits per heavy atom. The quantitative estimate of drug-likeness (QED) is 0.589. The maximum atomic E-state index is 12.6. The van der Waals surface area contributed by atoms with Crippen LogP contribution in [-0.2, 0) is 21.4 Å². The second-order valence-electron chi connectivity index (χ2n) is 6.50. The number of carbonyl (C=O) groups is 1. The van der Waals surface area contributed by atoms with Gasteiger partial charge in [-0.05, 0) is 37.9 Å². The van der Waals surface area contributed by atoms with E-state index in [1.807, 2.05) is 0 Å². The van der Waals surface area contributed by atoms with Gasteiger partial charge >= 0.3 is 5.76 Å². The number of benzene rings is 1. The van der Waals surface area contributed by atoms with Crippen LogP contribution < -0.4 is 16.8 Å². The number of halogens is 1. The first-order chi connectivity index (χ1) is 12.9. The first kappa shape index (κ1) is 22.4. The number of aryl methyl sites for hydroxylation is 1. The van der Waals surface area contributed by atoms with Crippen molar-refractivity contribution in [2.24, 2.45) is 5.73 Å². The van der Waals surface area contributed by atoms with Crippen LogP contribution in [0.15, 0.2) is 32.3 Å². The highest BCUT2D eigenvalue weighted by atomic mass is 35.5. The van der Waals surface area contributed by atoms with E-state index < -0.39 is 15.8 Å². The van der Waals surface area contributed by atoms with Gasteiger partial charge in [-0.25, -0.2) is 13.2 Å². The van der Waals surface area contributed by atoms with Crippen LogP contribution in [0.4, 0.5) is 0 Å². The van der Waals surface area contributed by atoms with E-state index >= 15 is 0 Å². The summed E-state index contributed by atoms with van der Waals surface area (Å²) in [6, 6.07) is 4.40. The fourth-order valence-electron chi connectivity index (χ4n) is 3.13. The average molecular weight is 433 g/mol. The molecule has 0 aliphatic carbocycles. The fourth-order valence-corrected chi connectivity index (χ4v) is 4.66. The molecule has 1 aromatic heterocycles. The summed E-state index contributed by atoms with van der Waals surface area (Å²) in [6.45, 7) is 2.15. The normalized spacial score (nSPS) is 14.9. The first-order valence-corrected chi connectivity index (χ1v) is 10.5. The number of rotatable bonds is 8. The van der Waals surface area contributed by atoms with Gasteiger partial charge in [0.25, 0.3) is 0 Å². The molecule has 9 nitrogen and oxygen atoms in total. The highest BCUT2D eigenvalue weighted by Gasteiger charge is 2.28. The van der Waals surface area contributed by atoms with Gasteiger partial charge in [0.05, 0.1) is 10.4 Å². The predicted octanol–water partition coefficient (Wildman–Crippen LogP) is 0.656. The fraction of sp³-hybridized carbons (Fsp3) is 0.529. The Bertz CT molecular complexity index is 979. The van der Waals surface area contributed by atoms with Crippen LogP contribution in [0.1, 0.15) is 25.7 Å². The van der Waals surface area contributed by atoms with Gasteiger partial charge < -0.3 is 15.5 Å². The second kappa shape index (κ2) is 9.55. The summed E-state index contributed by atoms with van der Waals surface area (Å²) in [5.41, 5.74) is 6.04. The molecule has 2 aromatic rings. The van der Waals surface area contributed by atoms with Crippen molar-refractivity contribution in [3.63, 3.8) is 0 Å². The van der Waals surface area contributed by atoms with Crippen molar-refractivity contribution in [1.29, 1.82) is 0 Å². The summed E-state index contributed by atoms with van der Waals surface area (Å²) in [5, 5.41) is 2.72. The number of aromatic nitrogens is 1. The van der Waals surface area contributed by atoms with Crippen LogP contribution in [0.25, 0.3) is 11.1 Å². The van der Waals surface area contributed by atoms with E-state index in [1.54, 1.807) is 6.07 Å². The monoisotopic (exact) mass is 432 g/mol. The van der Waals surface area contributed by atoms with Gasteiger partial charge in [0.1, 0.15) is 0 Å². The number of nitrogens with one attached hydrogen (secondary N) is 1. The van der Waals surface area contributed by atoms with Gasteiger partial charge in [-0.2, -0.15) is 4.31 Å². The highest BCUT2D eigenvalue weighted by molar-refractivity contribution is 7.89. The number of sulfonamides is 1. The van der Waals surface area contributed by atoms with Crippen LogP contribution >= 0.6 is 12.4 Å². The molecule has 2 heterocycles. The van der Waals surface area contributed by atoms with Crippen molar-refractivity contribution in [3.05, 3.63) is 28.7 Å². The summed E-state index contributed by atoms with van der Waals surface area (Å²) in [4.78, 5) is 24.0. The third kappa shape index (κ3) is 4.75. The number of oxazole rings is 1. The lowest BCUT2D eigenvalue weighted by Crippen LogP contribution is -2.28. The van der Waals surface area contributed by atoms with E-state index in [4.69, 9.17) is 10.2 Å². The Morgan fingerprint density at radius 1 is 1.25 bits per heavy atom. The van der Waals surface area contributed by atoms with E-state index in [2.05, 4.69) is 5.32 Å². The minimum atomic E-state index is -3.58. The summed E-state index contributed by atoms with van der Waals surface area (Å²) in [6.07, 6.45) is 2.50. The molecule has 1 saturated heterocycles. The molecule has 3 rings (SSSR count). The number of nitrogens with zero attached hydrogens (tertiary/aromatic N) is 2. The summed E-state index contributed by atoms with van der Waals surface area (Å²) < 4.78 is 33.3. The summed E-state index contributed by atoms with van der Waals surface area (Å²) >= 11 is 0. The molecule has 0 bridgehead atoms. The molecule has 3 N–H and O–H groups in total. The van der Waals surface area contributed by atoms with Crippen molar-refractivity contribution in [3.8, 4) is 0 Å². The van der Waals surface area contributed by atoms with E-state index in [1.165, 1.54) is 21.0 Å². The van der Waals surface area contributed by atoms with Crippen LogP contribution in [0, 0.1) is 0 Å². The zero-order valence-electron chi connectivity index (χ0n) is 15.4. The van der Waals surface area contributed by atoms with E-state index in [9.17, 15) is 18.0 Å². The highest BCUT2D eigenvalue weighted by Crippen LogP contribution is 2.24. The molecule has 0 unspecified atom stereocenters. The molecular formula is C17H25ClN4O5S. The molecule has 1 aromatic carbocycles. The third-order valence-electron chi connectivity index (χ3n) is 4.61. The van der Waals surface area contributed by atoms with Crippen LogP contribution in [0.3, 0.4) is 0 Å². The molecule has 1 aliphatic heterocycles. The zero-order valence-corrected chi connectivity index (χ0v) is 17.1. The molecular weight excluding hydrogens is 408 g/mol. The molecule has 1 fully saturated rings. The number of hydrogen-bond donors (Lipinski definition) is 2. The average Bonchev–Trinajstić information content (AvgIpc) is 3.27. The zero-order chi connectivity index (χ0) is 19.4. The molecule has 0 atom stereocenters. The summed E-state index contributed by atoms with van der Waals surface area (Å²) in [5.74, 6) is -0.798.